The van der Waals surface area contributed by atoms with E-state index >= 15 is 0 Å². The Morgan fingerprint density at radius 3 is 2.58 bits per heavy atom. The monoisotopic (exact) mass is 419 g/mol. The van der Waals surface area contributed by atoms with Crippen molar-refractivity contribution in [1.29, 1.82) is 0 Å². The molecule has 1 saturated carbocycles. The molecule has 0 radical (unpaired) electrons. The molecule has 1 aliphatic carbocycles. The minimum atomic E-state index is 0.140. The summed E-state index contributed by atoms with van der Waals surface area (Å²) >= 11 is 0. The highest BCUT2D eigenvalue weighted by Gasteiger charge is 2.29. The van der Waals surface area contributed by atoms with Crippen molar-refractivity contribution in [2.45, 2.75) is 58.4 Å². The molecule has 3 aromatic rings. The molecule has 0 bridgehead atoms. The molecule has 2 aromatic carbocycles. The van der Waals surface area contributed by atoms with Crippen LogP contribution in [0.1, 0.15) is 51.4 Å². The van der Waals surface area contributed by atoms with Crippen LogP contribution in [0.15, 0.2) is 48.5 Å². The fraction of sp³-hybridized carbons (Fsp3) is 0.462. The van der Waals surface area contributed by atoms with Crippen molar-refractivity contribution in [2.24, 2.45) is 5.92 Å². The van der Waals surface area contributed by atoms with Crippen molar-refractivity contribution >= 4 is 16.9 Å². The third kappa shape index (κ3) is 5.46. The summed E-state index contributed by atoms with van der Waals surface area (Å²) in [6.07, 6.45) is 3.80. The molecule has 0 spiro atoms. The molecule has 1 heterocycles. The topological polar surface area (TPSA) is 56.1 Å². The smallest absolute Gasteiger partial charge is 0.223 e. The lowest BCUT2D eigenvalue weighted by Crippen LogP contribution is -2.26. The van der Waals surface area contributed by atoms with Crippen molar-refractivity contribution in [3.8, 4) is 5.75 Å². The zero-order valence-corrected chi connectivity index (χ0v) is 18.9. The second-order valence-electron chi connectivity index (χ2n) is 9.46. The molecule has 0 aliphatic heterocycles. The van der Waals surface area contributed by atoms with E-state index < -0.39 is 0 Å². The number of rotatable bonds is 9. The normalized spacial score (nSPS) is 14.0. The van der Waals surface area contributed by atoms with E-state index in [1.54, 1.807) is 0 Å². The number of para-hydroxylation sites is 2. The molecule has 1 N–H and O–H groups in total. The molecule has 0 unspecified atom stereocenters. The first-order chi connectivity index (χ1) is 14.9. The highest BCUT2D eigenvalue weighted by molar-refractivity contribution is 5.80. The molecule has 31 heavy (non-hydrogen) atoms. The number of aryl methyl sites for hydroxylation is 1. The van der Waals surface area contributed by atoms with Crippen LogP contribution in [0.2, 0.25) is 0 Å². The molecule has 1 fully saturated rings. The van der Waals surface area contributed by atoms with Gasteiger partial charge in [-0.3, -0.25) is 4.79 Å². The van der Waals surface area contributed by atoms with E-state index in [-0.39, 0.29) is 17.2 Å². The summed E-state index contributed by atoms with van der Waals surface area (Å²) < 4.78 is 8.29. The lowest BCUT2D eigenvalue weighted by molar-refractivity contribution is -0.122. The summed E-state index contributed by atoms with van der Waals surface area (Å²) in [5.41, 5.74) is 3.58. The van der Waals surface area contributed by atoms with Gasteiger partial charge in [-0.05, 0) is 54.5 Å². The third-order valence-corrected chi connectivity index (χ3v) is 5.86. The minimum absolute atomic E-state index is 0.140. The number of carbonyl (C=O) groups excluding carboxylic acids is 1. The number of amides is 1. The summed E-state index contributed by atoms with van der Waals surface area (Å²) in [6, 6.07) is 16.6. The maximum Gasteiger partial charge on any atom is 0.223 e. The van der Waals surface area contributed by atoms with Crippen LogP contribution in [0.25, 0.3) is 11.0 Å². The highest BCUT2D eigenvalue weighted by atomic mass is 16.5. The minimum Gasteiger partial charge on any atom is -0.492 e. The molecule has 164 valence electrons. The summed E-state index contributed by atoms with van der Waals surface area (Å²) in [5.74, 6) is 2.41. The number of benzene rings is 2. The van der Waals surface area contributed by atoms with Crippen LogP contribution in [0.4, 0.5) is 0 Å². The van der Waals surface area contributed by atoms with Gasteiger partial charge in [-0.2, -0.15) is 0 Å². The summed E-state index contributed by atoms with van der Waals surface area (Å²) in [6.45, 7) is 8.67. The van der Waals surface area contributed by atoms with Gasteiger partial charge in [0.1, 0.15) is 18.2 Å². The molecule has 5 heteroatoms. The highest BCUT2D eigenvalue weighted by Crippen LogP contribution is 2.28. The van der Waals surface area contributed by atoms with Crippen LogP contribution in [0.3, 0.4) is 0 Å². The largest absolute Gasteiger partial charge is 0.492 e. The quantitative estimate of drug-likeness (QED) is 0.503. The lowest BCUT2D eigenvalue weighted by atomic mass is 9.87. The first-order valence-electron chi connectivity index (χ1n) is 11.4. The molecular weight excluding hydrogens is 386 g/mol. The number of carbonyl (C=O) groups is 1. The van der Waals surface area contributed by atoms with E-state index in [0.29, 0.717) is 13.2 Å². The van der Waals surface area contributed by atoms with Crippen LogP contribution in [-0.4, -0.2) is 28.6 Å². The van der Waals surface area contributed by atoms with Gasteiger partial charge in [0.15, 0.2) is 0 Å². The number of nitrogens with zero attached hydrogens (tertiary/aromatic N) is 2. The fourth-order valence-electron chi connectivity index (χ4n) is 3.82. The molecule has 0 saturated heterocycles. The number of aromatic nitrogens is 2. The van der Waals surface area contributed by atoms with Crippen molar-refractivity contribution < 1.29 is 9.53 Å². The van der Waals surface area contributed by atoms with E-state index in [1.807, 2.05) is 12.1 Å². The maximum absolute atomic E-state index is 11.8. The van der Waals surface area contributed by atoms with Crippen molar-refractivity contribution in [2.75, 3.05) is 13.2 Å². The van der Waals surface area contributed by atoms with E-state index in [2.05, 4.69) is 67.1 Å². The van der Waals surface area contributed by atoms with E-state index in [0.717, 1.165) is 54.8 Å². The number of ether oxygens (including phenoxy) is 1. The lowest BCUT2D eigenvalue weighted by Gasteiger charge is -2.19. The molecular formula is C26H33N3O2. The van der Waals surface area contributed by atoms with Crippen molar-refractivity contribution in [3.05, 3.63) is 59.9 Å². The Balaban J connectivity index is 1.36. The fourth-order valence-corrected chi connectivity index (χ4v) is 3.82. The summed E-state index contributed by atoms with van der Waals surface area (Å²) in [7, 11) is 0. The molecule has 0 atom stereocenters. The number of nitrogens with one attached hydrogen (secondary N) is 1. The molecule has 4 rings (SSSR count). The van der Waals surface area contributed by atoms with E-state index in [1.165, 1.54) is 5.56 Å². The van der Waals surface area contributed by atoms with Crippen LogP contribution < -0.4 is 10.1 Å². The zero-order valence-electron chi connectivity index (χ0n) is 18.9. The Hall–Kier alpha value is -2.82. The summed E-state index contributed by atoms with van der Waals surface area (Å²) in [5, 5.41) is 3.05. The molecule has 1 amide bonds. The van der Waals surface area contributed by atoms with Gasteiger partial charge in [0.2, 0.25) is 5.91 Å². The Morgan fingerprint density at radius 1 is 1.13 bits per heavy atom. The van der Waals surface area contributed by atoms with Crippen molar-refractivity contribution in [1.82, 2.24) is 14.9 Å². The van der Waals surface area contributed by atoms with E-state index in [4.69, 9.17) is 9.72 Å². The van der Waals surface area contributed by atoms with Crippen molar-refractivity contribution in [3.63, 3.8) is 0 Å². The number of hydrogen-bond donors (Lipinski definition) is 1. The van der Waals surface area contributed by atoms with Gasteiger partial charge in [-0.1, -0.05) is 45.0 Å². The molecule has 5 nitrogen and oxygen atoms in total. The standard InChI is InChI=1S/C26H33N3O2/c1-26(2,3)20-12-14-21(15-13-20)31-18-17-29-23-8-5-4-7-22(23)28-24(29)9-6-16-27-25(30)19-10-11-19/h4-5,7-8,12-15,19H,6,9-11,16-18H2,1-3H3,(H,27,30). The van der Waals surface area contributed by atoms with Gasteiger partial charge in [-0.25, -0.2) is 4.98 Å². The SMILES string of the molecule is CC(C)(C)c1ccc(OCCn2c(CCCNC(=O)C3CC3)nc3ccccc32)cc1. The maximum atomic E-state index is 11.8. The average molecular weight is 420 g/mol. The van der Waals surface area contributed by atoms with Crippen LogP contribution in [0.5, 0.6) is 5.75 Å². The zero-order chi connectivity index (χ0) is 21.8. The Kier molecular flexibility index (Phi) is 6.30. The molecule has 1 aliphatic rings. The number of fused-ring (bicyclic) bond motifs is 1. The predicted molar refractivity (Wildman–Crippen MR) is 124 cm³/mol. The number of hydrogen-bond acceptors (Lipinski definition) is 3. The molecule has 1 aromatic heterocycles. The first-order valence-corrected chi connectivity index (χ1v) is 11.4. The first kappa shape index (κ1) is 21.4. The van der Waals surface area contributed by atoms with Crippen LogP contribution in [-0.2, 0) is 23.2 Å². The second kappa shape index (κ2) is 9.13. The third-order valence-electron chi connectivity index (χ3n) is 5.86. The van der Waals surface area contributed by atoms with Gasteiger partial charge >= 0.3 is 0 Å². The van der Waals surface area contributed by atoms with Crippen LogP contribution >= 0.6 is 0 Å². The van der Waals surface area contributed by atoms with Gasteiger partial charge in [0.25, 0.3) is 0 Å². The van der Waals surface area contributed by atoms with Gasteiger partial charge < -0.3 is 14.6 Å². The summed E-state index contributed by atoms with van der Waals surface area (Å²) in [4.78, 5) is 16.7. The van der Waals surface area contributed by atoms with E-state index in [9.17, 15) is 4.79 Å². The van der Waals surface area contributed by atoms with Crippen LogP contribution in [0, 0.1) is 5.92 Å². The predicted octanol–water partition coefficient (Wildman–Crippen LogP) is 4.87. The second-order valence-corrected chi connectivity index (χ2v) is 9.46. The van der Waals surface area contributed by atoms with Gasteiger partial charge in [0.05, 0.1) is 17.6 Å². The number of imidazole rings is 1. The Bertz CT molecular complexity index is 1030. The Morgan fingerprint density at radius 2 is 1.87 bits per heavy atom. The van der Waals surface area contributed by atoms with Gasteiger partial charge in [-0.15, -0.1) is 0 Å². The average Bonchev–Trinajstić information content (AvgIpc) is 3.54. The Labute approximate surface area is 184 Å². The van der Waals surface area contributed by atoms with Gasteiger partial charge in [0, 0.05) is 18.9 Å².